The van der Waals surface area contributed by atoms with E-state index in [0.29, 0.717) is 0 Å². The minimum Gasteiger partial charge on any atom is -0.448 e. The SMILES string of the molecule is NNc1ccc([N+](=O)[O-])cc1C(=O)NCCOC(N)=O. The average molecular weight is 283 g/mol. The number of nitrogens with zero attached hydrogens (tertiary/aromatic N) is 1. The number of amides is 2. The van der Waals surface area contributed by atoms with E-state index >= 15 is 0 Å². The summed E-state index contributed by atoms with van der Waals surface area (Å²) < 4.78 is 4.42. The van der Waals surface area contributed by atoms with Crippen LogP contribution in [0.3, 0.4) is 0 Å². The van der Waals surface area contributed by atoms with E-state index in [4.69, 9.17) is 11.6 Å². The van der Waals surface area contributed by atoms with E-state index in [0.717, 1.165) is 6.07 Å². The lowest BCUT2D eigenvalue weighted by atomic mass is 10.1. The van der Waals surface area contributed by atoms with E-state index in [2.05, 4.69) is 15.5 Å². The molecule has 0 spiro atoms. The van der Waals surface area contributed by atoms with E-state index in [1.54, 1.807) is 0 Å². The summed E-state index contributed by atoms with van der Waals surface area (Å²) in [5, 5.41) is 13.1. The van der Waals surface area contributed by atoms with Crippen LogP contribution in [0, 0.1) is 10.1 Å². The van der Waals surface area contributed by atoms with Crippen LogP contribution in [0.4, 0.5) is 16.2 Å². The number of ether oxygens (including phenoxy) is 1. The Labute approximate surface area is 113 Å². The van der Waals surface area contributed by atoms with Crippen LogP contribution in [0.5, 0.6) is 0 Å². The first-order chi connectivity index (χ1) is 9.45. The molecule has 1 rings (SSSR count). The molecule has 1 aromatic carbocycles. The molecular formula is C10H13N5O5. The van der Waals surface area contributed by atoms with Crippen LogP contribution in [0.15, 0.2) is 18.2 Å². The number of benzene rings is 1. The van der Waals surface area contributed by atoms with Gasteiger partial charge in [-0.3, -0.25) is 20.8 Å². The molecule has 10 heteroatoms. The number of non-ortho nitro benzene ring substituents is 1. The van der Waals surface area contributed by atoms with Crippen molar-refractivity contribution in [2.75, 3.05) is 18.6 Å². The van der Waals surface area contributed by atoms with Crippen molar-refractivity contribution >= 4 is 23.4 Å². The largest absolute Gasteiger partial charge is 0.448 e. The van der Waals surface area contributed by atoms with Crippen molar-refractivity contribution in [1.82, 2.24) is 5.32 Å². The summed E-state index contributed by atoms with van der Waals surface area (Å²) in [7, 11) is 0. The second-order valence-corrected chi connectivity index (χ2v) is 3.55. The standard InChI is InChI=1S/C10H13N5O5/c11-10(17)20-4-3-13-9(16)7-5-6(15(18)19)1-2-8(7)14-12/h1-2,5,14H,3-4,12H2,(H2,11,17)(H,13,16). The van der Waals surface area contributed by atoms with Gasteiger partial charge in [0.25, 0.3) is 11.6 Å². The molecule has 0 unspecified atom stereocenters. The summed E-state index contributed by atoms with van der Waals surface area (Å²) in [6.45, 7) is -0.101. The van der Waals surface area contributed by atoms with Crippen LogP contribution in [-0.4, -0.2) is 30.1 Å². The fraction of sp³-hybridized carbons (Fsp3) is 0.200. The number of carbonyl (C=O) groups is 2. The number of hydrogen-bond acceptors (Lipinski definition) is 7. The summed E-state index contributed by atoms with van der Waals surface area (Å²) in [6.07, 6.45) is -0.959. The third-order valence-electron chi connectivity index (χ3n) is 2.25. The maximum atomic E-state index is 11.8. The van der Waals surface area contributed by atoms with Crippen LogP contribution in [-0.2, 0) is 4.74 Å². The molecule has 1 aromatic rings. The van der Waals surface area contributed by atoms with Gasteiger partial charge >= 0.3 is 6.09 Å². The Kier molecular flexibility index (Phi) is 5.23. The maximum Gasteiger partial charge on any atom is 0.404 e. The van der Waals surface area contributed by atoms with Gasteiger partial charge in [-0.2, -0.15) is 0 Å². The molecule has 20 heavy (non-hydrogen) atoms. The van der Waals surface area contributed by atoms with Crippen LogP contribution in [0.25, 0.3) is 0 Å². The van der Waals surface area contributed by atoms with Crippen molar-refractivity contribution in [3.63, 3.8) is 0 Å². The molecule has 10 nitrogen and oxygen atoms in total. The van der Waals surface area contributed by atoms with Crippen molar-refractivity contribution in [2.24, 2.45) is 11.6 Å². The molecule has 108 valence electrons. The number of nitro groups is 1. The van der Waals surface area contributed by atoms with E-state index in [9.17, 15) is 19.7 Å². The first-order valence-corrected chi connectivity index (χ1v) is 5.41. The quantitative estimate of drug-likeness (QED) is 0.241. The molecule has 0 bridgehead atoms. The highest BCUT2D eigenvalue weighted by molar-refractivity contribution is 6.00. The number of carbonyl (C=O) groups excluding carboxylic acids is 2. The van der Waals surface area contributed by atoms with Gasteiger partial charge in [0.15, 0.2) is 0 Å². The van der Waals surface area contributed by atoms with Crippen molar-refractivity contribution < 1.29 is 19.2 Å². The fourth-order valence-corrected chi connectivity index (χ4v) is 1.37. The average Bonchev–Trinajstić information content (AvgIpc) is 2.42. The predicted octanol–water partition coefficient (Wildman–Crippen LogP) is -0.295. The second kappa shape index (κ2) is 6.89. The molecular weight excluding hydrogens is 270 g/mol. The van der Waals surface area contributed by atoms with Gasteiger partial charge in [0.2, 0.25) is 0 Å². The smallest absolute Gasteiger partial charge is 0.404 e. The predicted molar refractivity (Wildman–Crippen MR) is 68.8 cm³/mol. The van der Waals surface area contributed by atoms with E-state index in [1.807, 2.05) is 0 Å². The molecule has 6 N–H and O–H groups in total. The molecule has 0 saturated heterocycles. The number of primary amides is 1. The Morgan fingerprint density at radius 1 is 1.40 bits per heavy atom. The van der Waals surface area contributed by atoms with Gasteiger partial charge in [-0.1, -0.05) is 0 Å². The van der Waals surface area contributed by atoms with Crippen molar-refractivity contribution in [2.45, 2.75) is 0 Å². The lowest BCUT2D eigenvalue weighted by molar-refractivity contribution is -0.384. The zero-order valence-electron chi connectivity index (χ0n) is 10.3. The van der Waals surface area contributed by atoms with Gasteiger partial charge in [-0.25, -0.2) is 4.79 Å². The molecule has 2 amide bonds. The highest BCUT2D eigenvalue weighted by Gasteiger charge is 2.16. The molecule has 0 atom stereocenters. The number of nitro benzene ring substituents is 1. The second-order valence-electron chi connectivity index (χ2n) is 3.55. The summed E-state index contributed by atoms with van der Waals surface area (Å²) in [5.41, 5.74) is 6.99. The van der Waals surface area contributed by atoms with Gasteiger partial charge in [-0.05, 0) is 6.07 Å². The number of anilines is 1. The molecule has 0 aliphatic rings. The summed E-state index contributed by atoms with van der Waals surface area (Å²) in [4.78, 5) is 32.2. The Morgan fingerprint density at radius 2 is 2.10 bits per heavy atom. The van der Waals surface area contributed by atoms with Gasteiger partial charge < -0.3 is 21.2 Å². The van der Waals surface area contributed by atoms with Crippen LogP contribution in [0.1, 0.15) is 10.4 Å². The lowest BCUT2D eigenvalue weighted by Crippen LogP contribution is -2.30. The third kappa shape index (κ3) is 4.10. The Hall–Kier alpha value is -2.88. The maximum absolute atomic E-state index is 11.8. The summed E-state index contributed by atoms with van der Waals surface area (Å²) in [6, 6.07) is 3.61. The van der Waals surface area contributed by atoms with Crippen molar-refractivity contribution in [3.05, 3.63) is 33.9 Å². The highest BCUT2D eigenvalue weighted by Crippen LogP contribution is 2.21. The van der Waals surface area contributed by atoms with Crippen LogP contribution >= 0.6 is 0 Å². The Bertz CT molecular complexity index is 533. The zero-order valence-corrected chi connectivity index (χ0v) is 10.3. The first kappa shape index (κ1) is 15.2. The molecule has 0 aliphatic heterocycles. The van der Waals surface area contributed by atoms with E-state index in [1.165, 1.54) is 12.1 Å². The van der Waals surface area contributed by atoms with E-state index < -0.39 is 16.9 Å². The molecule has 0 fully saturated rings. The number of nitrogen functional groups attached to an aromatic ring is 1. The molecule has 0 radical (unpaired) electrons. The molecule has 0 aliphatic carbocycles. The van der Waals surface area contributed by atoms with Crippen LogP contribution < -0.4 is 22.3 Å². The molecule has 0 aromatic heterocycles. The third-order valence-corrected chi connectivity index (χ3v) is 2.25. The Morgan fingerprint density at radius 3 is 2.65 bits per heavy atom. The number of nitrogens with two attached hydrogens (primary N) is 2. The zero-order chi connectivity index (χ0) is 15.1. The minimum atomic E-state index is -0.959. The van der Waals surface area contributed by atoms with Gasteiger partial charge in [0.1, 0.15) is 6.61 Å². The molecule has 0 heterocycles. The lowest BCUT2D eigenvalue weighted by Gasteiger charge is -2.09. The minimum absolute atomic E-state index is 0.000718. The topological polar surface area (TPSA) is 163 Å². The number of hydrazine groups is 1. The van der Waals surface area contributed by atoms with Crippen molar-refractivity contribution in [1.29, 1.82) is 0 Å². The summed E-state index contributed by atoms with van der Waals surface area (Å²) >= 11 is 0. The number of nitrogens with one attached hydrogen (secondary N) is 2. The van der Waals surface area contributed by atoms with E-state index in [-0.39, 0.29) is 30.1 Å². The normalized spacial score (nSPS) is 9.65. The van der Waals surface area contributed by atoms with Crippen molar-refractivity contribution in [3.8, 4) is 0 Å². The Balaban J connectivity index is 2.77. The fourth-order valence-electron chi connectivity index (χ4n) is 1.37. The summed E-state index contributed by atoms with van der Waals surface area (Å²) in [5.74, 6) is 4.62. The number of hydrogen-bond donors (Lipinski definition) is 4. The molecule has 0 saturated carbocycles. The van der Waals surface area contributed by atoms with Gasteiger partial charge in [0.05, 0.1) is 22.7 Å². The highest BCUT2D eigenvalue weighted by atomic mass is 16.6. The first-order valence-electron chi connectivity index (χ1n) is 5.41. The van der Waals surface area contributed by atoms with Gasteiger partial charge in [0, 0.05) is 12.1 Å². The monoisotopic (exact) mass is 283 g/mol. The van der Waals surface area contributed by atoms with Gasteiger partial charge in [-0.15, -0.1) is 0 Å². The van der Waals surface area contributed by atoms with Crippen LogP contribution in [0.2, 0.25) is 0 Å². The number of rotatable bonds is 6.